The molecule has 0 N–H and O–H groups in total. The number of allylic oxidation sites excluding steroid dienone is 10. The molecule has 0 saturated heterocycles. The number of hydrogen-bond acceptors (Lipinski definition) is 6. The lowest BCUT2D eigenvalue weighted by Gasteiger charge is -2.18. The first-order valence-electron chi connectivity index (χ1n) is 25.3. The van der Waals surface area contributed by atoms with Crippen molar-refractivity contribution in [1.82, 2.24) is 0 Å². The van der Waals surface area contributed by atoms with Crippen LogP contribution in [0.5, 0.6) is 0 Å². The highest BCUT2D eigenvalue weighted by Crippen LogP contribution is 2.13. The van der Waals surface area contributed by atoms with E-state index in [2.05, 4.69) is 81.5 Å². The van der Waals surface area contributed by atoms with Crippen molar-refractivity contribution in [2.24, 2.45) is 0 Å². The fraction of sp³-hybridized carbons (Fsp3) is 0.759. The molecule has 1 atom stereocenters. The summed E-state index contributed by atoms with van der Waals surface area (Å²) in [5.41, 5.74) is 0. The molecule has 0 heterocycles. The normalized spacial score (nSPS) is 12.5. The summed E-state index contributed by atoms with van der Waals surface area (Å²) in [5, 5.41) is 0. The van der Waals surface area contributed by atoms with Crippen molar-refractivity contribution >= 4 is 17.9 Å². The minimum atomic E-state index is -0.793. The first-order chi connectivity index (χ1) is 29.5. The van der Waals surface area contributed by atoms with Crippen LogP contribution in [0, 0.1) is 0 Å². The lowest BCUT2D eigenvalue weighted by atomic mass is 10.1. The van der Waals surface area contributed by atoms with E-state index in [1.807, 2.05) is 0 Å². The molecule has 0 aliphatic rings. The van der Waals surface area contributed by atoms with Gasteiger partial charge < -0.3 is 14.2 Å². The van der Waals surface area contributed by atoms with Crippen LogP contribution >= 0.6 is 0 Å². The van der Waals surface area contributed by atoms with Crippen molar-refractivity contribution in [3.05, 3.63) is 60.8 Å². The van der Waals surface area contributed by atoms with Crippen LogP contribution in [0.15, 0.2) is 60.8 Å². The van der Waals surface area contributed by atoms with Gasteiger partial charge in [0.2, 0.25) is 0 Å². The molecule has 1 unspecified atom stereocenters. The second-order valence-corrected chi connectivity index (χ2v) is 16.8. The number of carbonyl (C=O) groups excluding carboxylic acids is 3. The summed E-state index contributed by atoms with van der Waals surface area (Å²) >= 11 is 0. The van der Waals surface area contributed by atoms with Crippen molar-refractivity contribution in [2.45, 2.75) is 252 Å². The van der Waals surface area contributed by atoms with E-state index < -0.39 is 6.10 Å². The Bertz CT molecular complexity index is 1100. The van der Waals surface area contributed by atoms with Gasteiger partial charge in [-0.15, -0.1) is 0 Å². The topological polar surface area (TPSA) is 78.9 Å². The number of unbranched alkanes of at least 4 members (excludes halogenated alkanes) is 26. The van der Waals surface area contributed by atoms with E-state index in [9.17, 15) is 14.4 Å². The highest BCUT2D eigenvalue weighted by molar-refractivity contribution is 5.71. The molecule has 6 heteroatoms. The molecule has 60 heavy (non-hydrogen) atoms. The van der Waals surface area contributed by atoms with Crippen LogP contribution in [0.1, 0.15) is 245 Å². The second-order valence-electron chi connectivity index (χ2n) is 16.8. The molecule has 0 rings (SSSR count). The fourth-order valence-electron chi connectivity index (χ4n) is 6.87. The molecule has 0 saturated carbocycles. The Balaban J connectivity index is 4.44. The summed E-state index contributed by atoms with van der Waals surface area (Å²) in [4.78, 5) is 37.9. The Hall–Kier alpha value is -2.89. The van der Waals surface area contributed by atoms with Gasteiger partial charge in [0, 0.05) is 19.3 Å². The molecule has 0 spiro atoms. The minimum absolute atomic E-state index is 0.0921. The maximum Gasteiger partial charge on any atom is 0.306 e. The van der Waals surface area contributed by atoms with Crippen molar-refractivity contribution in [3.8, 4) is 0 Å². The van der Waals surface area contributed by atoms with Crippen LogP contribution in [0.3, 0.4) is 0 Å². The van der Waals surface area contributed by atoms with E-state index in [0.717, 1.165) is 89.9 Å². The summed E-state index contributed by atoms with van der Waals surface area (Å²) in [6.45, 7) is 6.52. The monoisotopic (exact) mass is 839 g/mol. The van der Waals surface area contributed by atoms with Gasteiger partial charge in [-0.25, -0.2) is 0 Å². The predicted molar refractivity (Wildman–Crippen MR) is 256 cm³/mol. The zero-order valence-corrected chi connectivity index (χ0v) is 39.5. The number of hydrogen-bond donors (Lipinski definition) is 0. The summed E-state index contributed by atoms with van der Waals surface area (Å²) < 4.78 is 16.7. The largest absolute Gasteiger partial charge is 0.462 e. The Morgan fingerprint density at radius 1 is 0.333 bits per heavy atom. The molecule has 0 bridgehead atoms. The number of esters is 3. The number of carbonyl (C=O) groups is 3. The van der Waals surface area contributed by atoms with Gasteiger partial charge >= 0.3 is 17.9 Å². The quantitative estimate of drug-likeness (QED) is 0.0200. The molecule has 0 aromatic carbocycles. The lowest BCUT2D eigenvalue weighted by molar-refractivity contribution is -0.167. The molecule has 6 nitrogen and oxygen atoms in total. The van der Waals surface area contributed by atoms with Gasteiger partial charge in [-0.05, 0) is 89.9 Å². The van der Waals surface area contributed by atoms with E-state index in [-0.39, 0.29) is 31.1 Å². The SMILES string of the molecule is CCCC/C=C\CCCCCCCC(=O)OCC(COC(=O)CCCCC/C=C\C=C/CCCCCCCCC)OC(=O)CCCCCCCC/C=C\C=C/CCCCC. The first kappa shape index (κ1) is 57.1. The van der Waals surface area contributed by atoms with Crippen LogP contribution in [-0.2, 0) is 28.6 Å². The highest BCUT2D eigenvalue weighted by atomic mass is 16.6. The van der Waals surface area contributed by atoms with E-state index in [0.29, 0.717) is 19.3 Å². The fourth-order valence-corrected chi connectivity index (χ4v) is 6.87. The third-order valence-electron chi connectivity index (χ3n) is 10.8. The van der Waals surface area contributed by atoms with Gasteiger partial charge in [0.05, 0.1) is 0 Å². The maximum atomic E-state index is 12.8. The van der Waals surface area contributed by atoms with E-state index in [4.69, 9.17) is 14.2 Å². The van der Waals surface area contributed by atoms with Gasteiger partial charge in [0.15, 0.2) is 6.10 Å². The molecule has 346 valence electrons. The third-order valence-corrected chi connectivity index (χ3v) is 10.8. The average molecular weight is 839 g/mol. The number of rotatable bonds is 45. The second kappa shape index (κ2) is 48.8. The Morgan fingerprint density at radius 3 is 1.03 bits per heavy atom. The van der Waals surface area contributed by atoms with E-state index in [1.165, 1.54) is 116 Å². The third kappa shape index (κ3) is 46.2. The Kier molecular flexibility index (Phi) is 46.4. The Morgan fingerprint density at radius 2 is 0.617 bits per heavy atom. The summed E-state index contributed by atoms with van der Waals surface area (Å²) in [6, 6.07) is 0. The standard InChI is InChI=1S/C54H94O6/c1-4-7-10-13-16-19-22-24-26-28-29-32-35-38-41-44-47-53(56)59-50-51(49-58-52(55)46-43-40-37-34-31-21-18-15-12-9-6-3)60-54(57)48-45-42-39-36-33-30-27-25-23-20-17-14-11-8-5-2/h15,17-18,20,23,25-26,28-29,32,51H,4-14,16,19,21-22,24,27,30-31,33-50H2,1-3H3/b18-15-,20-17-,25-23-,28-26-,32-29-. The van der Waals surface area contributed by atoms with Gasteiger partial charge in [-0.2, -0.15) is 0 Å². The summed E-state index contributed by atoms with van der Waals surface area (Å²) in [7, 11) is 0. The van der Waals surface area contributed by atoms with Gasteiger partial charge in [0.1, 0.15) is 13.2 Å². The van der Waals surface area contributed by atoms with Crippen molar-refractivity contribution in [3.63, 3.8) is 0 Å². The molecule has 0 aromatic rings. The average Bonchev–Trinajstić information content (AvgIpc) is 3.24. The van der Waals surface area contributed by atoms with Crippen LogP contribution < -0.4 is 0 Å². The van der Waals surface area contributed by atoms with Gasteiger partial charge in [-0.1, -0.05) is 197 Å². The van der Waals surface area contributed by atoms with Crippen molar-refractivity contribution in [2.75, 3.05) is 13.2 Å². The van der Waals surface area contributed by atoms with Crippen LogP contribution in [-0.4, -0.2) is 37.2 Å². The molecule has 0 amide bonds. The molecule has 0 aliphatic heterocycles. The van der Waals surface area contributed by atoms with Crippen molar-refractivity contribution in [1.29, 1.82) is 0 Å². The van der Waals surface area contributed by atoms with Crippen molar-refractivity contribution < 1.29 is 28.6 Å². The molecule has 0 radical (unpaired) electrons. The smallest absolute Gasteiger partial charge is 0.306 e. The van der Waals surface area contributed by atoms with Gasteiger partial charge in [-0.3, -0.25) is 14.4 Å². The molecule has 0 fully saturated rings. The highest BCUT2D eigenvalue weighted by Gasteiger charge is 2.19. The summed E-state index contributed by atoms with van der Waals surface area (Å²) in [5.74, 6) is -0.939. The minimum Gasteiger partial charge on any atom is -0.462 e. The molecule has 0 aromatic heterocycles. The number of ether oxygens (including phenoxy) is 3. The van der Waals surface area contributed by atoms with Crippen LogP contribution in [0.25, 0.3) is 0 Å². The van der Waals surface area contributed by atoms with Gasteiger partial charge in [0.25, 0.3) is 0 Å². The van der Waals surface area contributed by atoms with E-state index in [1.54, 1.807) is 0 Å². The zero-order chi connectivity index (χ0) is 43.7. The predicted octanol–water partition coefficient (Wildman–Crippen LogP) is 16.5. The molecular weight excluding hydrogens is 745 g/mol. The Labute approximate surface area is 370 Å². The maximum absolute atomic E-state index is 12.8. The molecule has 0 aliphatic carbocycles. The van der Waals surface area contributed by atoms with E-state index >= 15 is 0 Å². The first-order valence-corrected chi connectivity index (χ1v) is 25.3. The summed E-state index contributed by atoms with van der Waals surface area (Å²) in [6.07, 6.45) is 59.1. The zero-order valence-electron chi connectivity index (χ0n) is 39.5. The molecular formula is C54H94O6. The van der Waals surface area contributed by atoms with Crippen LogP contribution in [0.2, 0.25) is 0 Å². The lowest BCUT2D eigenvalue weighted by Crippen LogP contribution is -2.30. The van der Waals surface area contributed by atoms with Crippen LogP contribution in [0.4, 0.5) is 0 Å².